The van der Waals surface area contributed by atoms with E-state index in [1.165, 1.54) is 13.0 Å². The van der Waals surface area contributed by atoms with Gasteiger partial charge in [-0.25, -0.2) is 13.1 Å². The van der Waals surface area contributed by atoms with Gasteiger partial charge in [-0.2, -0.15) is 0 Å². The highest BCUT2D eigenvalue weighted by molar-refractivity contribution is 7.89. The lowest BCUT2D eigenvalue weighted by atomic mass is 9.96. The molecule has 0 atom stereocenters. The smallest absolute Gasteiger partial charge is 0.242 e. The first-order valence-electron chi connectivity index (χ1n) is 7.85. The molecule has 0 bridgehead atoms. The van der Waals surface area contributed by atoms with E-state index in [1.54, 1.807) is 18.2 Å². The Kier molecular flexibility index (Phi) is 4.43. The van der Waals surface area contributed by atoms with E-state index in [1.807, 2.05) is 30.3 Å². The minimum Gasteiger partial charge on any atom is -0.325 e. The Hall–Kier alpha value is -2.18. The molecule has 1 fully saturated rings. The van der Waals surface area contributed by atoms with Gasteiger partial charge < -0.3 is 5.32 Å². The second kappa shape index (κ2) is 6.37. The summed E-state index contributed by atoms with van der Waals surface area (Å²) in [5, 5.41) is 2.57. The van der Waals surface area contributed by atoms with Crippen LogP contribution in [0, 0.1) is 0 Å². The van der Waals surface area contributed by atoms with E-state index < -0.39 is 10.0 Å². The van der Waals surface area contributed by atoms with Crippen LogP contribution in [-0.4, -0.2) is 20.9 Å². The van der Waals surface area contributed by atoms with Crippen LogP contribution < -0.4 is 10.0 Å². The largest absolute Gasteiger partial charge is 0.325 e. The number of hydrogen-bond donors (Lipinski definition) is 2. The summed E-state index contributed by atoms with van der Waals surface area (Å²) in [4.78, 5) is 11.4. The summed E-state index contributed by atoms with van der Waals surface area (Å²) in [6.45, 7) is 1.71. The summed E-state index contributed by atoms with van der Waals surface area (Å²) in [6.07, 6.45) is 1.93. The molecule has 2 aromatic carbocycles. The Morgan fingerprint density at radius 3 is 2.29 bits per heavy atom. The lowest BCUT2D eigenvalue weighted by molar-refractivity contribution is -0.114. The van der Waals surface area contributed by atoms with E-state index >= 15 is 0 Å². The zero-order chi connectivity index (χ0) is 17.2. The zero-order valence-corrected chi connectivity index (χ0v) is 14.3. The summed E-state index contributed by atoms with van der Waals surface area (Å²) in [6, 6.07) is 16.4. The van der Waals surface area contributed by atoms with Gasteiger partial charge in [-0.05, 0) is 30.5 Å². The first kappa shape index (κ1) is 16.7. The number of rotatable bonds is 6. The van der Waals surface area contributed by atoms with Crippen molar-refractivity contribution in [3.05, 3.63) is 60.2 Å². The van der Waals surface area contributed by atoms with Gasteiger partial charge in [0.25, 0.3) is 0 Å². The van der Waals surface area contributed by atoms with Gasteiger partial charge in [0.1, 0.15) is 4.90 Å². The van der Waals surface area contributed by atoms with Crippen LogP contribution in [-0.2, 0) is 20.2 Å². The van der Waals surface area contributed by atoms with Crippen LogP contribution >= 0.6 is 0 Å². The average molecular weight is 344 g/mol. The predicted molar refractivity (Wildman–Crippen MR) is 93.3 cm³/mol. The quantitative estimate of drug-likeness (QED) is 0.846. The first-order valence-corrected chi connectivity index (χ1v) is 9.33. The van der Waals surface area contributed by atoms with Gasteiger partial charge in [0.15, 0.2) is 0 Å². The van der Waals surface area contributed by atoms with Crippen LogP contribution in [0.3, 0.4) is 0 Å². The lowest BCUT2D eigenvalue weighted by Crippen LogP contribution is -2.32. The number of sulfonamides is 1. The molecule has 0 aromatic heterocycles. The number of carbonyl (C=O) groups excluding carboxylic acids is 1. The zero-order valence-electron chi connectivity index (χ0n) is 13.5. The monoisotopic (exact) mass is 344 g/mol. The maximum absolute atomic E-state index is 12.7. The van der Waals surface area contributed by atoms with Crippen molar-refractivity contribution in [3.8, 4) is 0 Å². The van der Waals surface area contributed by atoms with Gasteiger partial charge in [0.2, 0.25) is 15.9 Å². The van der Waals surface area contributed by atoms with Crippen molar-refractivity contribution in [1.29, 1.82) is 0 Å². The topological polar surface area (TPSA) is 75.3 Å². The highest BCUT2D eigenvalue weighted by Gasteiger charge is 2.44. The molecule has 1 saturated carbocycles. The van der Waals surface area contributed by atoms with Gasteiger partial charge >= 0.3 is 0 Å². The van der Waals surface area contributed by atoms with Gasteiger partial charge in [-0.1, -0.05) is 42.5 Å². The molecular formula is C18H20N2O3S. The summed E-state index contributed by atoms with van der Waals surface area (Å²) in [7, 11) is -3.70. The second-order valence-electron chi connectivity index (χ2n) is 6.15. The van der Waals surface area contributed by atoms with Crippen molar-refractivity contribution in [2.24, 2.45) is 0 Å². The van der Waals surface area contributed by atoms with Crippen LogP contribution in [0.15, 0.2) is 59.5 Å². The molecule has 6 heteroatoms. The van der Waals surface area contributed by atoms with Crippen LogP contribution in [0.5, 0.6) is 0 Å². The molecule has 0 unspecified atom stereocenters. The van der Waals surface area contributed by atoms with Crippen LogP contribution in [0.25, 0.3) is 0 Å². The Morgan fingerprint density at radius 2 is 1.67 bits per heavy atom. The summed E-state index contributed by atoms with van der Waals surface area (Å²) < 4.78 is 28.1. The van der Waals surface area contributed by atoms with E-state index in [-0.39, 0.29) is 16.2 Å². The standard InChI is InChI=1S/C18H20N2O3S/c1-14(21)20-16-9-5-6-10-17(16)24(22,23)19-13-18(11-12-18)15-7-3-2-4-8-15/h2-10,19H,11-13H2,1H3,(H,20,21). The highest BCUT2D eigenvalue weighted by atomic mass is 32.2. The number of benzene rings is 2. The maximum Gasteiger partial charge on any atom is 0.242 e. The van der Waals surface area contributed by atoms with Crippen molar-refractivity contribution >= 4 is 21.6 Å². The molecule has 5 nitrogen and oxygen atoms in total. The van der Waals surface area contributed by atoms with Crippen LogP contribution in [0.2, 0.25) is 0 Å². The van der Waals surface area contributed by atoms with Gasteiger partial charge in [-0.3, -0.25) is 4.79 Å². The molecule has 0 spiro atoms. The van der Waals surface area contributed by atoms with Gasteiger partial charge in [-0.15, -0.1) is 0 Å². The molecule has 24 heavy (non-hydrogen) atoms. The van der Waals surface area contributed by atoms with Crippen molar-refractivity contribution < 1.29 is 13.2 Å². The molecule has 0 saturated heterocycles. The first-order chi connectivity index (χ1) is 11.4. The van der Waals surface area contributed by atoms with Crippen molar-refractivity contribution in [3.63, 3.8) is 0 Å². The number of amides is 1. The molecule has 126 valence electrons. The van der Waals surface area contributed by atoms with E-state index in [0.717, 1.165) is 18.4 Å². The van der Waals surface area contributed by atoms with Crippen molar-refractivity contribution in [1.82, 2.24) is 4.72 Å². The summed E-state index contributed by atoms with van der Waals surface area (Å²) in [5.41, 5.74) is 1.34. The second-order valence-corrected chi connectivity index (χ2v) is 7.88. The Bertz CT molecular complexity index is 844. The van der Waals surface area contributed by atoms with Crippen molar-refractivity contribution in [2.45, 2.75) is 30.1 Å². The number of nitrogens with one attached hydrogen (secondary N) is 2. The van der Waals surface area contributed by atoms with E-state index in [4.69, 9.17) is 0 Å². The molecule has 1 amide bonds. The summed E-state index contributed by atoms with van der Waals surface area (Å²) in [5.74, 6) is -0.305. The van der Waals surface area contributed by atoms with Gasteiger partial charge in [0.05, 0.1) is 5.69 Å². The van der Waals surface area contributed by atoms with E-state index in [2.05, 4.69) is 10.0 Å². The van der Waals surface area contributed by atoms with E-state index in [0.29, 0.717) is 12.2 Å². The number of carbonyl (C=O) groups is 1. The van der Waals surface area contributed by atoms with Crippen LogP contribution in [0.1, 0.15) is 25.3 Å². The Balaban J connectivity index is 1.79. The minimum absolute atomic E-state index is 0.0871. The van der Waals surface area contributed by atoms with Gasteiger partial charge in [0, 0.05) is 18.9 Å². The number of para-hydroxylation sites is 1. The summed E-state index contributed by atoms with van der Waals surface area (Å²) >= 11 is 0. The molecule has 1 aliphatic rings. The predicted octanol–water partition coefficient (Wildman–Crippen LogP) is 2.66. The third-order valence-electron chi connectivity index (χ3n) is 4.33. The fourth-order valence-corrected chi connectivity index (χ4v) is 4.10. The average Bonchev–Trinajstić information content (AvgIpc) is 3.35. The van der Waals surface area contributed by atoms with E-state index in [9.17, 15) is 13.2 Å². The SMILES string of the molecule is CC(=O)Nc1ccccc1S(=O)(=O)NCC1(c2ccccc2)CC1. The number of hydrogen-bond acceptors (Lipinski definition) is 3. The molecule has 3 rings (SSSR count). The number of anilines is 1. The lowest BCUT2D eigenvalue weighted by Gasteiger charge is -2.18. The molecule has 0 heterocycles. The Morgan fingerprint density at radius 1 is 1.04 bits per heavy atom. The molecule has 0 radical (unpaired) electrons. The Labute approximate surface area is 142 Å². The fraction of sp³-hybridized carbons (Fsp3) is 0.278. The third kappa shape index (κ3) is 3.49. The molecular weight excluding hydrogens is 324 g/mol. The molecule has 2 aromatic rings. The third-order valence-corrected chi connectivity index (χ3v) is 5.79. The highest BCUT2D eigenvalue weighted by Crippen LogP contribution is 2.47. The minimum atomic E-state index is -3.70. The molecule has 0 aliphatic heterocycles. The maximum atomic E-state index is 12.7. The normalized spacial score (nSPS) is 15.7. The van der Waals surface area contributed by atoms with Crippen LogP contribution in [0.4, 0.5) is 5.69 Å². The molecule has 1 aliphatic carbocycles. The van der Waals surface area contributed by atoms with Crippen molar-refractivity contribution in [2.75, 3.05) is 11.9 Å². The fourth-order valence-electron chi connectivity index (χ4n) is 2.81. The molecule has 2 N–H and O–H groups in total.